The Labute approximate surface area is 69.5 Å². The second-order valence-corrected chi connectivity index (χ2v) is 3.22. The van der Waals surface area contributed by atoms with Crippen LogP contribution in [0.2, 0.25) is 0 Å². The lowest BCUT2D eigenvalue weighted by Crippen LogP contribution is -2.02. The summed E-state index contributed by atoms with van der Waals surface area (Å²) in [6.07, 6.45) is 1.18. The molecule has 0 N–H and O–H groups in total. The van der Waals surface area contributed by atoms with Crippen molar-refractivity contribution >= 4 is 11.6 Å². The van der Waals surface area contributed by atoms with Crippen molar-refractivity contribution < 1.29 is 0 Å². The summed E-state index contributed by atoms with van der Waals surface area (Å²) in [7, 11) is 0. The summed E-state index contributed by atoms with van der Waals surface area (Å²) in [5.74, 6) is 1.89. The Balaban J connectivity index is 2.23. The molecular formula is C6H9ClN4. The van der Waals surface area contributed by atoms with Crippen LogP contribution < -0.4 is 0 Å². The average Bonchev–Trinajstić information content (AvgIpc) is 2.58. The third kappa shape index (κ3) is 1.11. The summed E-state index contributed by atoms with van der Waals surface area (Å²) in [5.41, 5.74) is 0. The van der Waals surface area contributed by atoms with Gasteiger partial charge in [0.2, 0.25) is 0 Å². The van der Waals surface area contributed by atoms with Crippen LogP contribution in [-0.4, -0.2) is 20.2 Å². The fraction of sp³-hybridized carbons (Fsp3) is 0.833. The molecule has 0 spiro atoms. The van der Waals surface area contributed by atoms with E-state index in [2.05, 4.69) is 22.4 Å². The Morgan fingerprint density at radius 2 is 2.45 bits per heavy atom. The lowest BCUT2D eigenvalue weighted by Gasteiger charge is -1.97. The predicted octanol–water partition coefficient (Wildman–Crippen LogP) is 0.993. The highest BCUT2D eigenvalue weighted by molar-refractivity contribution is 6.16. The van der Waals surface area contributed by atoms with Gasteiger partial charge in [0.05, 0.1) is 11.9 Å². The van der Waals surface area contributed by atoms with Gasteiger partial charge in [0.1, 0.15) is 0 Å². The number of hydrogen-bond acceptors (Lipinski definition) is 3. The van der Waals surface area contributed by atoms with Crippen molar-refractivity contribution in [3.8, 4) is 0 Å². The first kappa shape index (κ1) is 7.03. The van der Waals surface area contributed by atoms with Gasteiger partial charge < -0.3 is 0 Å². The molecule has 11 heavy (non-hydrogen) atoms. The zero-order valence-electron chi connectivity index (χ0n) is 6.24. The average molecular weight is 173 g/mol. The van der Waals surface area contributed by atoms with E-state index in [1.807, 2.05) is 4.68 Å². The Morgan fingerprint density at radius 1 is 1.73 bits per heavy atom. The minimum absolute atomic E-state index is 0.399. The van der Waals surface area contributed by atoms with E-state index < -0.39 is 0 Å². The van der Waals surface area contributed by atoms with Crippen molar-refractivity contribution in [3.63, 3.8) is 0 Å². The second-order valence-electron chi connectivity index (χ2n) is 2.95. The van der Waals surface area contributed by atoms with E-state index in [0.717, 1.165) is 5.82 Å². The molecule has 0 amide bonds. The fourth-order valence-electron chi connectivity index (χ4n) is 1.20. The van der Waals surface area contributed by atoms with Crippen molar-refractivity contribution in [1.82, 2.24) is 20.2 Å². The van der Waals surface area contributed by atoms with Gasteiger partial charge in [-0.15, -0.1) is 16.7 Å². The van der Waals surface area contributed by atoms with Crippen molar-refractivity contribution in [2.24, 2.45) is 5.92 Å². The molecular weight excluding hydrogens is 164 g/mol. The summed E-state index contributed by atoms with van der Waals surface area (Å²) in [4.78, 5) is 0. The molecule has 0 saturated heterocycles. The Bertz CT molecular complexity index is 259. The second kappa shape index (κ2) is 2.44. The highest BCUT2D eigenvalue weighted by atomic mass is 35.5. The predicted molar refractivity (Wildman–Crippen MR) is 40.2 cm³/mol. The van der Waals surface area contributed by atoms with Crippen LogP contribution in [0, 0.1) is 5.92 Å². The molecule has 1 fully saturated rings. The first-order valence-electron chi connectivity index (χ1n) is 3.65. The third-order valence-electron chi connectivity index (χ3n) is 2.06. The summed E-state index contributed by atoms with van der Waals surface area (Å²) in [5, 5.41) is 11.2. The van der Waals surface area contributed by atoms with E-state index in [0.29, 0.717) is 17.8 Å². The van der Waals surface area contributed by atoms with E-state index >= 15 is 0 Å². The molecule has 1 aliphatic rings. The first-order chi connectivity index (χ1) is 5.33. The largest absolute Gasteiger partial charge is 0.225 e. The Morgan fingerprint density at radius 3 is 3.00 bits per heavy atom. The quantitative estimate of drug-likeness (QED) is 0.625. The SMILES string of the molecule is CC1CC1n1nnnc1CCl. The van der Waals surface area contributed by atoms with E-state index in [9.17, 15) is 0 Å². The third-order valence-corrected chi connectivity index (χ3v) is 2.30. The maximum absolute atomic E-state index is 5.63. The monoisotopic (exact) mass is 172 g/mol. The van der Waals surface area contributed by atoms with Gasteiger partial charge in [-0.25, -0.2) is 4.68 Å². The number of tetrazole rings is 1. The molecule has 0 aliphatic heterocycles. The van der Waals surface area contributed by atoms with Gasteiger partial charge in [0.25, 0.3) is 0 Å². The number of halogens is 1. The van der Waals surface area contributed by atoms with Crippen molar-refractivity contribution in [2.45, 2.75) is 25.3 Å². The zero-order chi connectivity index (χ0) is 7.84. The number of aromatic nitrogens is 4. The van der Waals surface area contributed by atoms with Gasteiger partial charge >= 0.3 is 0 Å². The summed E-state index contributed by atoms with van der Waals surface area (Å²) in [6.45, 7) is 2.18. The number of hydrogen-bond donors (Lipinski definition) is 0. The van der Waals surface area contributed by atoms with Crippen LogP contribution in [0.3, 0.4) is 0 Å². The molecule has 2 rings (SSSR count). The molecule has 0 radical (unpaired) electrons. The molecule has 60 valence electrons. The van der Waals surface area contributed by atoms with Crippen molar-refractivity contribution in [3.05, 3.63) is 5.82 Å². The van der Waals surface area contributed by atoms with Crippen LogP contribution in [0.4, 0.5) is 0 Å². The maximum Gasteiger partial charge on any atom is 0.166 e. The van der Waals surface area contributed by atoms with Crippen LogP contribution in [-0.2, 0) is 5.88 Å². The van der Waals surface area contributed by atoms with Gasteiger partial charge in [0.15, 0.2) is 5.82 Å². The lowest BCUT2D eigenvalue weighted by molar-refractivity contribution is 0.564. The molecule has 2 atom stereocenters. The molecule has 2 unspecified atom stereocenters. The maximum atomic E-state index is 5.63. The van der Waals surface area contributed by atoms with Crippen LogP contribution in [0.25, 0.3) is 0 Å². The van der Waals surface area contributed by atoms with Gasteiger partial charge in [0, 0.05) is 0 Å². The van der Waals surface area contributed by atoms with Crippen molar-refractivity contribution in [1.29, 1.82) is 0 Å². The van der Waals surface area contributed by atoms with Crippen LogP contribution in [0.5, 0.6) is 0 Å². The number of nitrogens with zero attached hydrogens (tertiary/aromatic N) is 4. The molecule has 1 saturated carbocycles. The summed E-state index contributed by atoms with van der Waals surface area (Å²) in [6, 6.07) is 0.499. The fourth-order valence-corrected chi connectivity index (χ4v) is 1.38. The zero-order valence-corrected chi connectivity index (χ0v) is 6.99. The molecule has 1 aliphatic carbocycles. The summed E-state index contributed by atoms with van der Waals surface area (Å²) < 4.78 is 1.83. The molecule has 0 aromatic carbocycles. The van der Waals surface area contributed by atoms with Gasteiger partial charge in [-0.1, -0.05) is 6.92 Å². The highest BCUT2D eigenvalue weighted by Crippen LogP contribution is 2.42. The van der Waals surface area contributed by atoms with E-state index in [-0.39, 0.29) is 0 Å². The summed E-state index contributed by atoms with van der Waals surface area (Å²) >= 11 is 5.63. The van der Waals surface area contributed by atoms with E-state index in [1.165, 1.54) is 6.42 Å². The Hall–Kier alpha value is -0.640. The van der Waals surface area contributed by atoms with Crippen LogP contribution >= 0.6 is 11.6 Å². The smallest absolute Gasteiger partial charge is 0.166 e. The number of alkyl halides is 1. The van der Waals surface area contributed by atoms with Crippen LogP contribution in [0.1, 0.15) is 25.2 Å². The van der Waals surface area contributed by atoms with Gasteiger partial charge in [-0.3, -0.25) is 0 Å². The number of rotatable bonds is 2. The van der Waals surface area contributed by atoms with E-state index in [4.69, 9.17) is 11.6 Å². The lowest BCUT2D eigenvalue weighted by atomic mass is 10.5. The first-order valence-corrected chi connectivity index (χ1v) is 4.19. The van der Waals surface area contributed by atoms with Gasteiger partial charge in [-0.05, 0) is 22.8 Å². The highest BCUT2D eigenvalue weighted by Gasteiger charge is 2.36. The van der Waals surface area contributed by atoms with Crippen molar-refractivity contribution in [2.75, 3.05) is 0 Å². The molecule has 5 heteroatoms. The molecule has 1 aromatic heterocycles. The topological polar surface area (TPSA) is 43.6 Å². The normalized spacial score (nSPS) is 28.9. The standard InChI is InChI=1S/C6H9ClN4/c1-4-2-5(4)11-6(3-7)8-9-10-11/h4-5H,2-3H2,1H3. The minimum Gasteiger partial charge on any atom is -0.225 e. The minimum atomic E-state index is 0.399. The molecule has 1 aromatic rings. The molecule has 1 heterocycles. The molecule has 4 nitrogen and oxygen atoms in total. The van der Waals surface area contributed by atoms with Gasteiger partial charge in [-0.2, -0.15) is 0 Å². The van der Waals surface area contributed by atoms with E-state index in [1.54, 1.807) is 0 Å². The molecule has 0 bridgehead atoms. The van der Waals surface area contributed by atoms with Crippen LogP contribution in [0.15, 0.2) is 0 Å². The Kier molecular flexibility index (Phi) is 1.56.